The number of hydrogen-bond acceptors (Lipinski definition) is 3. The average molecular weight is 229 g/mol. The molecule has 0 aromatic heterocycles. The fourth-order valence-corrected chi connectivity index (χ4v) is 1.52. The maximum absolute atomic E-state index is 11.3. The highest BCUT2D eigenvalue weighted by Crippen LogP contribution is 2.34. The fourth-order valence-electron chi connectivity index (χ4n) is 1.52. The number of alkyl carbamates (subject to hydrolysis) is 1. The predicted molar refractivity (Wildman–Crippen MR) is 58.2 cm³/mol. The molecule has 1 amide bonds. The van der Waals surface area contributed by atoms with Crippen molar-refractivity contribution < 1.29 is 19.4 Å². The van der Waals surface area contributed by atoms with Crippen LogP contribution in [0.25, 0.3) is 0 Å². The lowest BCUT2D eigenvalue weighted by molar-refractivity contribution is -0.137. The highest BCUT2D eigenvalue weighted by atomic mass is 16.5. The minimum absolute atomic E-state index is 0.0203. The molecular weight excluding hydrogens is 210 g/mol. The standard InChI is InChI=1S/C11H19NO4/c1-2-3-6-16-11(15)12-9(7-10(13)14)8-4-5-8/h8-9H,2-7H2,1H3,(H,12,15)(H,13,14). The van der Waals surface area contributed by atoms with E-state index in [4.69, 9.17) is 9.84 Å². The van der Waals surface area contributed by atoms with Crippen molar-refractivity contribution in [2.75, 3.05) is 6.61 Å². The van der Waals surface area contributed by atoms with E-state index in [2.05, 4.69) is 5.32 Å². The molecule has 1 fully saturated rings. The van der Waals surface area contributed by atoms with Crippen LogP contribution in [0.5, 0.6) is 0 Å². The van der Waals surface area contributed by atoms with E-state index in [1.807, 2.05) is 6.92 Å². The molecule has 5 nitrogen and oxygen atoms in total. The van der Waals surface area contributed by atoms with Crippen molar-refractivity contribution in [1.29, 1.82) is 0 Å². The number of amides is 1. The molecule has 1 unspecified atom stereocenters. The summed E-state index contributed by atoms with van der Waals surface area (Å²) in [5, 5.41) is 11.3. The summed E-state index contributed by atoms with van der Waals surface area (Å²) in [4.78, 5) is 21.9. The molecule has 0 radical (unpaired) electrons. The Bertz CT molecular complexity index is 250. The van der Waals surface area contributed by atoms with Crippen LogP contribution in [0.2, 0.25) is 0 Å². The SMILES string of the molecule is CCCCOC(=O)NC(CC(=O)O)C1CC1. The molecule has 1 aliphatic carbocycles. The number of aliphatic carboxylic acids is 1. The lowest BCUT2D eigenvalue weighted by Gasteiger charge is -2.15. The van der Waals surface area contributed by atoms with Gasteiger partial charge in [-0.05, 0) is 25.2 Å². The zero-order valence-electron chi connectivity index (χ0n) is 9.57. The lowest BCUT2D eigenvalue weighted by Crippen LogP contribution is -2.38. The van der Waals surface area contributed by atoms with Gasteiger partial charge >= 0.3 is 12.1 Å². The van der Waals surface area contributed by atoms with Gasteiger partial charge in [0, 0.05) is 6.04 Å². The Morgan fingerprint density at radius 3 is 2.69 bits per heavy atom. The quantitative estimate of drug-likeness (QED) is 0.652. The van der Waals surface area contributed by atoms with Crippen LogP contribution in [0.4, 0.5) is 4.79 Å². The number of carbonyl (C=O) groups excluding carboxylic acids is 1. The molecule has 0 aromatic rings. The normalized spacial score (nSPS) is 16.6. The molecule has 1 atom stereocenters. The smallest absolute Gasteiger partial charge is 0.407 e. The second kappa shape index (κ2) is 6.35. The zero-order chi connectivity index (χ0) is 12.0. The number of carbonyl (C=O) groups is 2. The van der Waals surface area contributed by atoms with E-state index < -0.39 is 12.1 Å². The molecular formula is C11H19NO4. The number of carboxylic acids is 1. The Morgan fingerprint density at radius 2 is 2.19 bits per heavy atom. The summed E-state index contributed by atoms with van der Waals surface area (Å²) in [6, 6.07) is -0.272. The highest BCUT2D eigenvalue weighted by molar-refractivity contribution is 5.71. The zero-order valence-corrected chi connectivity index (χ0v) is 9.57. The largest absolute Gasteiger partial charge is 0.481 e. The summed E-state index contributed by atoms with van der Waals surface area (Å²) >= 11 is 0. The van der Waals surface area contributed by atoms with E-state index in [-0.39, 0.29) is 12.5 Å². The summed E-state index contributed by atoms with van der Waals surface area (Å²) in [7, 11) is 0. The minimum atomic E-state index is -0.884. The predicted octanol–water partition coefficient (Wildman–Crippen LogP) is 1.77. The van der Waals surface area contributed by atoms with Gasteiger partial charge in [-0.1, -0.05) is 13.3 Å². The van der Waals surface area contributed by atoms with Gasteiger partial charge in [-0.25, -0.2) is 4.79 Å². The summed E-state index contributed by atoms with van der Waals surface area (Å²) in [5.41, 5.74) is 0. The van der Waals surface area contributed by atoms with Crippen LogP contribution < -0.4 is 5.32 Å². The van der Waals surface area contributed by atoms with E-state index in [0.717, 1.165) is 25.7 Å². The molecule has 0 bridgehead atoms. The third kappa shape index (κ3) is 5.00. The van der Waals surface area contributed by atoms with Gasteiger partial charge in [0.2, 0.25) is 0 Å². The van der Waals surface area contributed by atoms with Gasteiger partial charge in [0.25, 0.3) is 0 Å². The van der Waals surface area contributed by atoms with Gasteiger partial charge in [0.05, 0.1) is 13.0 Å². The molecule has 16 heavy (non-hydrogen) atoms. The van der Waals surface area contributed by atoms with Crippen LogP contribution in [0.15, 0.2) is 0 Å². The molecule has 5 heteroatoms. The van der Waals surface area contributed by atoms with Crippen molar-refractivity contribution in [2.45, 2.75) is 45.1 Å². The number of carboxylic acid groups (broad SMARTS) is 1. The minimum Gasteiger partial charge on any atom is -0.481 e. The van der Waals surface area contributed by atoms with E-state index in [1.165, 1.54) is 0 Å². The number of hydrogen-bond donors (Lipinski definition) is 2. The second-order valence-corrected chi connectivity index (χ2v) is 4.18. The summed E-state index contributed by atoms with van der Waals surface area (Å²) in [6.45, 7) is 2.41. The van der Waals surface area contributed by atoms with Gasteiger partial charge in [-0.3, -0.25) is 4.79 Å². The highest BCUT2D eigenvalue weighted by Gasteiger charge is 2.33. The van der Waals surface area contributed by atoms with Crippen molar-refractivity contribution in [3.05, 3.63) is 0 Å². The molecule has 0 aromatic carbocycles. The third-order valence-electron chi connectivity index (χ3n) is 2.62. The van der Waals surface area contributed by atoms with Crippen LogP contribution in [0.3, 0.4) is 0 Å². The topological polar surface area (TPSA) is 75.6 Å². The average Bonchev–Trinajstić information content (AvgIpc) is 2.99. The molecule has 1 saturated carbocycles. The van der Waals surface area contributed by atoms with Gasteiger partial charge in [0.1, 0.15) is 0 Å². The Labute approximate surface area is 95.2 Å². The van der Waals surface area contributed by atoms with Gasteiger partial charge in [-0.15, -0.1) is 0 Å². The Balaban J connectivity index is 2.24. The number of nitrogens with one attached hydrogen (secondary N) is 1. The van der Waals surface area contributed by atoms with Crippen molar-refractivity contribution >= 4 is 12.1 Å². The molecule has 1 aliphatic rings. The Kier molecular flexibility index (Phi) is 5.08. The lowest BCUT2D eigenvalue weighted by atomic mass is 10.1. The molecule has 2 N–H and O–H groups in total. The van der Waals surface area contributed by atoms with Crippen LogP contribution in [-0.4, -0.2) is 29.8 Å². The first-order valence-electron chi connectivity index (χ1n) is 5.78. The van der Waals surface area contributed by atoms with E-state index >= 15 is 0 Å². The molecule has 0 aliphatic heterocycles. The number of unbranched alkanes of at least 4 members (excludes halogenated alkanes) is 1. The summed E-state index contributed by atoms with van der Waals surface area (Å²) in [5.74, 6) is -0.569. The van der Waals surface area contributed by atoms with Crippen molar-refractivity contribution in [1.82, 2.24) is 5.32 Å². The first-order chi connectivity index (χ1) is 7.63. The fraction of sp³-hybridized carbons (Fsp3) is 0.818. The van der Waals surface area contributed by atoms with Gasteiger partial charge in [-0.2, -0.15) is 0 Å². The van der Waals surface area contributed by atoms with E-state index in [9.17, 15) is 9.59 Å². The second-order valence-electron chi connectivity index (χ2n) is 4.18. The van der Waals surface area contributed by atoms with Crippen LogP contribution in [-0.2, 0) is 9.53 Å². The first kappa shape index (κ1) is 12.8. The molecule has 0 saturated heterocycles. The Morgan fingerprint density at radius 1 is 1.50 bits per heavy atom. The molecule has 0 spiro atoms. The number of rotatable bonds is 7. The van der Waals surface area contributed by atoms with Crippen LogP contribution in [0, 0.1) is 5.92 Å². The maximum atomic E-state index is 11.3. The van der Waals surface area contributed by atoms with Gasteiger partial charge in [0.15, 0.2) is 0 Å². The summed E-state index contributed by atoms with van der Waals surface area (Å²) < 4.78 is 4.93. The first-order valence-corrected chi connectivity index (χ1v) is 5.78. The maximum Gasteiger partial charge on any atom is 0.407 e. The molecule has 1 rings (SSSR count). The monoisotopic (exact) mass is 229 g/mol. The van der Waals surface area contributed by atoms with E-state index in [0.29, 0.717) is 12.5 Å². The molecule has 0 heterocycles. The van der Waals surface area contributed by atoms with Crippen LogP contribution in [0.1, 0.15) is 39.0 Å². The van der Waals surface area contributed by atoms with Crippen molar-refractivity contribution in [2.24, 2.45) is 5.92 Å². The third-order valence-corrected chi connectivity index (χ3v) is 2.62. The van der Waals surface area contributed by atoms with Crippen molar-refractivity contribution in [3.63, 3.8) is 0 Å². The van der Waals surface area contributed by atoms with Crippen molar-refractivity contribution in [3.8, 4) is 0 Å². The molecule has 92 valence electrons. The van der Waals surface area contributed by atoms with E-state index in [1.54, 1.807) is 0 Å². The number of ether oxygens (including phenoxy) is 1. The summed E-state index contributed by atoms with van der Waals surface area (Å²) in [6.07, 6.45) is 3.27. The van der Waals surface area contributed by atoms with Crippen LogP contribution >= 0.6 is 0 Å². The van der Waals surface area contributed by atoms with Gasteiger partial charge < -0.3 is 15.2 Å². The Hall–Kier alpha value is -1.26.